The van der Waals surface area contributed by atoms with Gasteiger partial charge in [-0.1, -0.05) is 164 Å². The molecule has 0 fully saturated rings. The predicted molar refractivity (Wildman–Crippen MR) is 249 cm³/mol. The minimum Gasteiger partial charge on any atom is -0.544 e. The van der Waals surface area contributed by atoms with Crippen molar-refractivity contribution in [2.24, 2.45) is 0 Å². The van der Waals surface area contributed by atoms with E-state index in [0.29, 0.717) is 12.8 Å². The Morgan fingerprint density at radius 1 is 0.517 bits per heavy atom. The van der Waals surface area contributed by atoms with Crippen LogP contribution in [0.15, 0.2) is 60.8 Å². The molecule has 2 unspecified atom stereocenters. The number of allylic oxidation sites excluding steroid dienone is 10. The number of carbonyl (C=O) groups is 3. The van der Waals surface area contributed by atoms with Gasteiger partial charge in [0.2, 0.25) is 0 Å². The minimum absolute atomic E-state index is 0.0282. The molecule has 0 amide bonds. The van der Waals surface area contributed by atoms with Gasteiger partial charge in [0.1, 0.15) is 12.6 Å². The standard InChI is InChI=1S/C52H91NO7/c1-6-8-10-12-14-16-18-20-22-23-24-25-26-27-28-29-31-33-35-37-39-41-43-51(55)60-48(46-58-45-44-49(52(56)57)53(3,4)5)47-59-50(54)42-40-38-36-34-32-30-21-19-17-15-13-11-9-7-2/h9,11,15,17,21,23-24,26-27,30,48-49H,6-8,10,12-14,16,18-20,22,25,28-29,31-47H2,1-5H3/b11-9+,17-15+,24-23+,27-26+,30-21+. The number of carboxylic acid groups (broad SMARTS) is 1. The summed E-state index contributed by atoms with van der Waals surface area (Å²) < 4.78 is 17.2. The predicted octanol–water partition coefficient (Wildman–Crippen LogP) is 12.4. The molecule has 0 bridgehead atoms. The summed E-state index contributed by atoms with van der Waals surface area (Å²) in [7, 11) is 5.40. The highest BCUT2D eigenvalue weighted by atomic mass is 16.6. The van der Waals surface area contributed by atoms with E-state index in [4.69, 9.17) is 14.2 Å². The van der Waals surface area contributed by atoms with Gasteiger partial charge in [-0.2, -0.15) is 0 Å². The molecular weight excluding hydrogens is 751 g/mol. The Balaban J connectivity index is 4.30. The van der Waals surface area contributed by atoms with Gasteiger partial charge in [0.15, 0.2) is 6.10 Å². The van der Waals surface area contributed by atoms with Crippen LogP contribution in [0.2, 0.25) is 0 Å². The zero-order chi connectivity index (χ0) is 44.2. The van der Waals surface area contributed by atoms with Crippen LogP contribution in [0, 0.1) is 0 Å². The Morgan fingerprint density at radius 3 is 1.38 bits per heavy atom. The Bertz CT molecular complexity index is 1170. The topological polar surface area (TPSA) is 102 Å². The second-order valence-corrected chi connectivity index (χ2v) is 17.3. The summed E-state index contributed by atoms with van der Waals surface area (Å²) in [6.45, 7) is 4.52. The molecule has 0 aliphatic carbocycles. The summed E-state index contributed by atoms with van der Waals surface area (Å²) in [5.74, 6) is -1.78. The number of quaternary nitrogens is 1. The van der Waals surface area contributed by atoms with Gasteiger partial charge in [-0.3, -0.25) is 9.59 Å². The molecule has 0 aromatic heterocycles. The Morgan fingerprint density at radius 2 is 0.933 bits per heavy atom. The summed E-state index contributed by atoms with van der Waals surface area (Å²) in [6.07, 6.45) is 52.5. The molecule has 8 nitrogen and oxygen atoms in total. The van der Waals surface area contributed by atoms with Crippen LogP contribution in [0.25, 0.3) is 0 Å². The number of likely N-dealkylation sites (N-methyl/N-ethyl adjacent to an activating group) is 1. The summed E-state index contributed by atoms with van der Waals surface area (Å²) >= 11 is 0. The molecule has 0 aromatic carbocycles. The highest BCUT2D eigenvalue weighted by molar-refractivity contribution is 5.70. The van der Waals surface area contributed by atoms with E-state index in [1.54, 1.807) is 21.1 Å². The van der Waals surface area contributed by atoms with Crippen LogP contribution in [0.4, 0.5) is 0 Å². The molecule has 0 aliphatic rings. The van der Waals surface area contributed by atoms with Crippen molar-refractivity contribution in [1.82, 2.24) is 0 Å². The van der Waals surface area contributed by atoms with Crippen LogP contribution in [0.1, 0.15) is 200 Å². The van der Waals surface area contributed by atoms with E-state index < -0.39 is 18.1 Å². The van der Waals surface area contributed by atoms with Crippen LogP contribution in [-0.4, -0.2) is 75.5 Å². The summed E-state index contributed by atoms with van der Waals surface area (Å²) in [5.41, 5.74) is 0. The lowest BCUT2D eigenvalue weighted by molar-refractivity contribution is -0.889. The molecule has 0 spiro atoms. The maximum absolute atomic E-state index is 12.8. The molecule has 0 aliphatic heterocycles. The Hall–Kier alpha value is -2.97. The first-order chi connectivity index (χ1) is 29.1. The van der Waals surface area contributed by atoms with Gasteiger partial charge in [-0.15, -0.1) is 0 Å². The number of hydrogen-bond donors (Lipinski definition) is 0. The zero-order valence-electron chi connectivity index (χ0n) is 39.4. The number of carbonyl (C=O) groups excluding carboxylic acids is 3. The van der Waals surface area contributed by atoms with Crippen molar-refractivity contribution in [2.75, 3.05) is 41.0 Å². The average molecular weight is 842 g/mol. The molecule has 0 saturated heterocycles. The molecule has 346 valence electrons. The maximum atomic E-state index is 12.8. The normalized spacial score (nSPS) is 13.4. The van der Waals surface area contributed by atoms with Crippen molar-refractivity contribution < 1.29 is 38.2 Å². The number of carboxylic acids is 1. The van der Waals surface area contributed by atoms with Crippen molar-refractivity contribution in [2.45, 2.75) is 212 Å². The van der Waals surface area contributed by atoms with Crippen molar-refractivity contribution >= 4 is 17.9 Å². The lowest BCUT2D eigenvalue weighted by Crippen LogP contribution is -2.55. The molecule has 0 heterocycles. The van der Waals surface area contributed by atoms with E-state index in [0.717, 1.165) is 83.5 Å². The van der Waals surface area contributed by atoms with E-state index in [9.17, 15) is 19.5 Å². The first kappa shape index (κ1) is 57.0. The quantitative estimate of drug-likeness (QED) is 0.0261. The molecule has 0 N–H and O–H groups in total. The summed E-state index contributed by atoms with van der Waals surface area (Å²) in [5, 5.41) is 11.6. The largest absolute Gasteiger partial charge is 0.544 e. The van der Waals surface area contributed by atoms with Crippen LogP contribution in [-0.2, 0) is 28.6 Å². The Labute approximate surface area is 368 Å². The van der Waals surface area contributed by atoms with Crippen molar-refractivity contribution in [1.29, 1.82) is 0 Å². The van der Waals surface area contributed by atoms with Gasteiger partial charge >= 0.3 is 11.9 Å². The van der Waals surface area contributed by atoms with Crippen LogP contribution in [0.5, 0.6) is 0 Å². The molecule has 0 radical (unpaired) electrons. The number of hydrogen-bond acceptors (Lipinski definition) is 7. The van der Waals surface area contributed by atoms with E-state index in [1.807, 2.05) is 0 Å². The van der Waals surface area contributed by atoms with Crippen LogP contribution >= 0.6 is 0 Å². The van der Waals surface area contributed by atoms with E-state index in [1.165, 1.54) is 83.5 Å². The number of unbranched alkanes of at least 4 members (excludes halogenated alkanes) is 19. The van der Waals surface area contributed by atoms with E-state index in [2.05, 4.69) is 74.6 Å². The number of esters is 2. The highest BCUT2D eigenvalue weighted by Crippen LogP contribution is 2.14. The molecule has 60 heavy (non-hydrogen) atoms. The van der Waals surface area contributed by atoms with Gasteiger partial charge < -0.3 is 28.6 Å². The first-order valence-electron chi connectivity index (χ1n) is 24.3. The number of ether oxygens (including phenoxy) is 3. The summed E-state index contributed by atoms with van der Waals surface area (Å²) in [6, 6.07) is -0.733. The lowest BCUT2D eigenvalue weighted by Gasteiger charge is -2.34. The fourth-order valence-corrected chi connectivity index (χ4v) is 6.88. The number of aliphatic carboxylic acids is 1. The average Bonchev–Trinajstić information content (AvgIpc) is 3.21. The second kappa shape index (κ2) is 42.7. The van der Waals surface area contributed by atoms with E-state index >= 15 is 0 Å². The lowest BCUT2D eigenvalue weighted by atomic mass is 10.1. The SMILES string of the molecule is CC/C=C/C/C=C/C/C=C/CCCCCCC(=O)OCC(COCCC(C(=O)[O-])[N+](C)(C)C)OC(=O)CCCCCCCCC/C=C/C/C=C/CCCCCCCCCC. The molecule has 8 heteroatoms. The molecule has 2 atom stereocenters. The molecular formula is C52H91NO7. The fraction of sp³-hybridized carbons (Fsp3) is 0.750. The molecule has 0 aromatic rings. The summed E-state index contributed by atoms with van der Waals surface area (Å²) in [4.78, 5) is 36.9. The van der Waals surface area contributed by atoms with Crippen LogP contribution in [0.3, 0.4) is 0 Å². The smallest absolute Gasteiger partial charge is 0.306 e. The van der Waals surface area contributed by atoms with Crippen LogP contribution < -0.4 is 5.11 Å². The highest BCUT2D eigenvalue weighted by Gasteiger charge is 2.25. The monoisotopic (exact) mass is 842 g/mol. The maximum Gasteiger partial charge on any atom is 0.306 e. The van der Waals surface area contributed by atoms with Crippen molar-refractivity contribution in [3.8, 4) is 0 Å². The first-order valence-corrected chi connectivity index (χ1v) is 24.3. The Kier molecular flexibility index (Phi) is 40.6. The van der Waals surface area contributed by atoms with Crippen molar-refractivity contribution in [3.63, 3.8) is 0 Å². The second-order valence-electron chi connectivity index (χ2n) is 17.3. The fourth-order valence-electron chi connectivity index (χ4n) is 6.88. The zero-order valence-corrected chi connectivity index (χ0v) is 39.4. The van der Waals surface area contributed by atoms with Gasteiger partial charge in [0, 0.05) is 19.3 Å². The third kappa shape index (κ3) is 40.4. The van der Waals surface area contributed by atoms with E-state index in [-0.39, 0.29) is 42.7 Å². The van der Waals surface area contributed by atoms with Gasteiger partial charge in [-0.25, -0.2) is 0 Å². The van der Waals surface area contributed by atoms with Crippen molar-refractivity contribution in [3.05, 3.63) is 60.8 Å². The van der Waals surface area contributed by atoms with Gasteiger partial charge in [-0.05, 0) is 77.0 Å². The third-order valence-electron chi connectivity index (χ3n) is 10.6. The van der Waals surface area contributed by atoms with Gasteiger partial charge in [0.25, 0.3) is 0 Å². The molecule has 0 saturated carbocycles. The molecule has 0 rings (SSSR count). The minimum atomic E-state index is -1.13. The number of rotatable bonds is 43. The van der Waals surface area contributed by atoms with Gasteiger partial charge in [0.05, 0.1) is 40.3 Å². The third-order valence-corrected chi connectivity index (χ3v) is 10.6. The number of nitrogens with zero attached hydrogens (tertiary/aromatic N) is 1.